The monoisotopic (exact) mass is 368 g/mol. The molecule has 96 valence electrons. The van der Waals surface area contributed by atoms with Crippen molar-refractivity contribution in [3.8, 4) is 11.4 Å². The number of nitrogens with zero attached hydrogens (tertiary/aromatic N) is 2. The average Bonchev–Trinajstić information content (AvgIpc) is 2.59. The minimum atomic E-state index is -4.67. The van der Waals surface area contributed by atoms with Crippen LogP contribution < -0.4 is 4.74 Å². The van der Waals surface area contributed by atoms with Gasteiger partial charge in [0.2, 0.25) is 0 Å². The van der Waals surface area contributed by atoms with E-state index >= 15 is 0 Å². The number of rotatable bonds is 2. The highest BCUT2D eigenvalue weighted by molar-refractivity contribution is 14.1. The molecule has 0 aliphatic carbocycles. The summed E-state index contributed by atoms with van der Waals surface area (Å²) < 4.78 is 42.4. The third kappa shape index (κ3) is 2.95. The number of hydrogen-bond acceptors (Lipinski definition) is 2. The van der Waals surface area contributed by atoms with Gasteiger partial charge in [0, 0.05) is 0 Å². The third-order valence-electron chi connectivity index (χ3n) is 2.26. The second kappa shape index (κ2) is 4.79. The first kappa shape index (κ1) is 13.2. The molecular formula is C11H8F3IN2O. The van der Waals surface area contributed by atoms with Crippen LogP contribution in [-0.4, -0.2) is 16.1 Å². The summed E-state index contributed by atoms with van der Waals surface area (Å²) in [5, 5.41) is 4.14. The molecule has 0 saturated carbocycles. The van der Waals surface area contributed by atoms with Crippen LogP contribution in [0.3, 0.4) is 0 Å². The number of aromatic nitrogens is 2. The normalized spacial score (nSPS) is 11.6. The molecule has 0 saturated heterocycles. The van der Waals surface area contributed by atoms with Crippen molar-refractivity contribution in [3.05, 3.63) is 39.7 Å². The lowest BCUT2D eigenvalue weighted by Crippen LogP contribution is -2.17. The van der Waals surface area contributed by atoms with E-state index in [2.05, 4.69) is 32.4 Å². The summed E-state index contributed by atoms with van der Waals surface area (Å²) in [5.41, 5.74) is 1.62. The largest absolute Gasteiger partial charge is 0.573 e. The van der Waals surface area contributed by atoms with Crippen LogP contribution in [0.1, 0.15) is 5.69 Å². The van der Waals surface area contributed by atoms with Crippen molar-refractivity contribution in [2.24, 2.45) is 0 Å². The molecule has 18 heavy (non-hydrogen) atoms. The first-order chi connectivity index (χ1) is 8.37. The van der Waals surface area contributed by atoms with Crippen LogP contribution in [0.15, 0.2) is 30.5 Å². The fourth-order valence-corrected chi connectivity index (χ4v) is 1.79. The maximum absolute atomic E-state index is 12.0. The molecule has 0 radical (unpaired) electrons. The summed E-state index contributed by atoms with van der Waals surface area (Å²) in [4.78, 5) is 0. The Morgan fingerprint density at radius 3 is 2.28 bits per heavy atom. The van der Waals surface area contributed by atoms with Gasteiger partial charge in [0.15, 0.2) is 0 Å². The van der Waals surface area contributed by atoms with Gasteiger partial charge in [-0.1, -0.05) is 0 Å². The lowest BCUT2D eigenvalue weighted by atomic mass is 10.3. The summed E-state index contributed by atoms with van der Waals surface area (Å²) in [7, 11) is 0. The van der Waals surface area contributed by atoms with E-state index in [0.29, 0.717) is 5.69 Å². The number of hydrogen-bond donors (Lipinski definition) is 0. The molecule has 2 aromatic rings. The maximum Gasteiger partial charge on any atom is 0.573 e. The molecule has 1 aromatic carbocycles. The topological polar surface area (TPSA) is 27.1 Å². The molecule has 0 N–H and O–H groups in total. The SMILES string of the molecule is Cc1c(I)cnn1-c1ccc(OC(F)(F)F)cc1. The van der Waals surface area contributed by atoms with Crippen LogP contribution in [-0.2, 0) is 0 Å². The van der Waals surface area contributed by atoms with E-state index < -0.39 is 6.36 Å². The predicted molar refractivity (Wildman–Crippen MR) is 67.7 cm³/mol. The van der Waals surface area contributed by atoms with Gasteiger partial charge in [-0.05, 0) is 53.8 Å². The quantitative estimate of drug-likeness (QED) is 0.757. The molecule has 0 fully saturated rings. The zero-order chi connectivity index (χ0) is 13.3. The van der Waals surface area contributed by atoms with E-state index in [1.165, 1.54) is 24.3 Å². The van der Waals surface area contributed by atoms with Gasteiger partial charge in [0.25, 0.3) is 0 Å². The standard InChI is InChI=1S/C11H8F3IN2O/c1-7-10(15)6-16-17(7)8-2-4-9(5-3-8)18-11(12,13)14/h2-6H,1H3. The fraction of sp³-hybridized carbons (Fsp3) is 0.182. The molecule has 7 heteroatoms. The zero-order valence-corrected chi connectivity index (χ0v) is 11.4. The van der Waals surface area contributed by atoms with E-state index in [9.17, 15) is 13.2 Å². The van der Waals surface area contributed by atoms with Crippen LogP contribution >= 0.6 is 22.6 Å². The molecule has 2 rings (SSSR count). The van der Waals surface area contributed by atoms with Crippen molar-refractivity contribution in [2.75, 3.05) is 0 Å². The summed E-state index contributed by atoms with van der Waals surface area (Å²) in [5.74, 6) is -0.245. The second-order valence-electron chi connectivity index (χ2n) is 3.53. The minimum absolute atomic E-state index is 0.245. The first-order valence-electron chi connectivity index (χ1n) is 4.93. The highest BCUT2D eigenvalue weighted by atomic mass is 127. The molecule has 0 aliphatic rings. The van der Waals surface area contributed by atoms with Gasteiger partial charge in [0.05, 0.1) is 21.1 Å². The van der Waals surface area contributed by atoms with E-state index in [0.717, 1.165) is 9.26 Å². The van der Waals surface area contributed by atoms with Crippen molar-refractivity contribution in [3.63, 3.8) is 0 Å². The van der Waals surface area contributed by atoms with Crippen molar-refractivity contribution in [1.82, 2.24) is 9.78 Å². The molecule has 3 nitrogen and oxygen atoms in total. The van der Waals surface area contributed by atoms with Gasteiger partial charge in [-0.15, -0.1) is 13.2 Å². The molecule has 0 unspecified atom stereocenters. The number of halogens is 4. The Morgan fingerprint density at radius 1 is 1.22 bits per heavy atom. The summed E-state index contributed by atoms with van der Waals surface area (Å²) in [6, 6.07) is 5.57. The molecule has 0 amide bonds. The minimum Gasteiger partial charge on any atom is -0.406 e. The Kier molecular flexibility index (Phi) is 3.51. The van der Waals surface area contributed by atoms with Gasteiger partial charge >= 0.3 is 6.36 Å². The third-order valence-corrected chi connectivity index (χ3v) is 3.32. The average molecular weight is 368 g/mol. The lowest BCUT2D eigenvalue weighted by molar-refractivity contribution is -0.274. The molecule has 0 spiro atoms. The highest BCUT2D eigenvalue weighted by Gasteiger charge is 2.30. The van der Waals surface area contributed by atoms with E-state index in [4.69, 9.17) is 0 Å². The Balaban J connectivity index is 2.25. The fourth-order valence-electron chi connectivity index (χ4n) is 1.44. The lowest BCUT2D eigenvalue weighted by Gasteiger charge is -2.10. The van der Waals surface area contributed by atoms with Gasteiger partial charge in [-0.3, -0.25) is 0 Å². The molecule has 0 aliphatic heterocycles. The summed E-state index contributed by atoms with van der Waals surface area (Å²) in [6.07, 6.45) is -2.98. The van der Waals surface area contributed by atoms with Gasteiger partial charge in [-0.2, -0.15) is 5.10 Å². The smallest absolute Gasteiger partial charge is 0.406 e. The Hall–Kier alpha value is -1.25. The van der Waals surface area contributed by atoms with E-state index in [1.54, 1.807) is 10.9 Å². The molecule has 0 bridgehead atoms. The van der Waals surface area contributed by atoms with Crippen LogP contribution in [0, 0.1) is 10.5 Å². The van der Waals surface area contributed by atoms with E-state index in [1.807, 2.05) is 6.92 Å². The molecule has 1 heterocycles. The van der Waals surface area contributed by atoms with Gasteiger partial charge in [-0.25, -0.2) is 4.68 Å². The van der Waals surface area contributed by atoms with Gasteiger partial charge in [0.1, 0.15) is 5.75 Å². The maximum atomic E-state index is 12.0. The first-order valence-corrected chi connectivity index (χ1v) is 6.01. The number of ether oxygens (including phenoxy) is 1. The van der Waals surface area contributed by atoms with Crippen LogP contribution in [0.2, 0.25) is 0 Å². The van der Waals surface area contributed by atoms with Crippen LogP contribution in [0.5, 0.6) is 5.75 Å². The number of benzene rings is 1. The van der Waals surface area contributed by atoms with Crippen LogP contribution in [0.4, 0.5) is 13.2 Å². The molecule has 0 atom stereocenters. The molecular weight excluding hydrogens is 360 g/mol. The summed E-state index contributed by atoms with van der Waals surface area (Å²) in [6.45, 7) is 1.88. The molecule has 1 aromatic heterocycles. The van der Waals surface area contributed by atoms with Crippen molar-refractivity contribution in [2.45, 2.75) is 13.3 Å². The number of alkyl halides is 3. The van der Waals surface area contributed by atoms with Crippen LogP contribution in [0.25, 0.3) is 5.69 Å². The predicted octanol–water partition coefficient (Wildman–Crippen LogP) is 3.68. The Morgan fingerprint density at radius 2 is 1.83 bits per heavy atom. The second-order valence-corrected chi connectivity index (χ2v) is 4.69. The Labute approximate surface area is 115 Å². The Bertz CT molecular complexity index is 548. The van der Waals surface area contributed by atoms with Crippen molar-refractivity contribution < 1.29 is 17.9 Å². The van der Waals surface area contributed by atoms with E-state index in [-0.39, 0.29) is 5.75 Å². The van der Waals surface area contributed by atoms with Crippen molar-refractivity contribution in [1.29, 1.82) is 0 Å². The van der Waals surface area contributed by atoms with Gasteiger partial charge < -0.3 is 4.74 Å². The highest BCUT2D eigenvalue weighted by Crippen LogP contribution is 2.24. The zero-order valence-electron chi connectivity index (χ0n) is 9.20. The summed E-state index contributed by atoms with van der Waals surface area (Å²) >= 11 is 2.14. The van der Waals surface area contributed by atoms with Crippen molar-refractivity contribution >= 4 is 22.6 Å².